The highest BCUT2D eigenvalue weighted by molar-refractivity contribution is 5.66. The number of rotatable bonds is 21. The number of ether oxygens (including phenoxy) is 5. The number of unbranched alkanes of at least 4 members (excludes halogenated alkanes) is 10. The number of aliphatic carboxylic acids is 1. The minimum Gasteiger partial charge on any atom is -0.481 e. The fourth-order valence-electron chi connectivity index (χ4n) is 5.43. The van der Waals surface area contributed by atoms with Crippen molar-refractivity contribution in [1.82, 2.24) is 0 Å². The molecule has 2 rings (SSSR count). The molecule has 0 aromatic heterocycles. The molecule has 0 bridgehead atoms. The Morgan fingerprint density at radius 1 is 0.705 bits per heavy atom. The lowest BCUT2D eigenvalue weighted by Gasteiger charge is -2.46. The Morgan fingerprint density at radius 3 is 1.77 bits per heavy atom. The Hall–Kier alpha value is -1.46. The fraction of sp³-hybridized carbons (Fsp3) is 0.933. The number of hydrogen-bond acceptors (Lipinski definition) is 13. The third-order valence-electron chi connectivity index (χ3n) is 8.10. The molecule has 0 spiro atoms. The first-order valence-electron chi connectivity index (χ1n) is 15.9. The summed E-state index contributed by atoms with van der Waals surface area (Å²) in [6.07, 6.45) is -2.89. The predicted octanol–water partition coefficient (Wildman–Crippen LogP) is 0.742. The maximum absolute atomic E-state index is 11.3. The zero-order valence-corrected chi connectivity index (χ0v) is 25.9. The first-order valence-corrected chi connectivity index (χ1v) is 15.9. The number of carbonyl (C=O) groups excluding carboxylic acids is 1. The Bertz CT molecular complexity index is 813. The molecule has 258 valence electrons. The first kappa shape index (κ1) is 38.7. The summed E-state index contributed by atoms with van der Waals surface area (Å²) in [4.78, 5) is 21.9. The number of carbonyl (C=O) groups is 2. The molecule has 11 unspecified atom stereocenters. The quantitative estimate of drug-likeness (QED) is 0.0681. The monoisotopic (exact) mass is 638 g/mol. The van der Waals surface area contributed by atoms with E-state index in [-0.39, 0.29) is 19.1 Å². The van der Waals surface area contributed by atoms with Gasteiger partial charge in [-0.1, -0.05) is 64.2 Å². The Balaban J connectivity index is 1.82. The molecule has 2 aliphatic heterocycles. The van der Waals surface area contributed by atoms with E-state index in [4.69, 9.17) is 28.8 Å². The molecule has 0 aliphatic carbocycles. The topological polar surface area (TPSA) is 222 Å². The van der Waals surface area contributed by atoms with Crippen LogP contribution < -0.4 is 0 Å². The summed E-state index contributed by atoms with van der Waals surface area (Å²) in [5, 5.41) is 70.4. The van der Waals surface area contributed by atoms with E-state index in [1.165, 1.54) is 6.92 Å². The summed E-state index contributed by atoms with van der Waals surface area (Å²) in [7, 11) is 0. The molecule has 44 heavy (non-hydrogen) atoms. The maximum Gasteiger partial charge on any atom is 0.303 e. The Labute approximate surface area is 259 Å². The van der Waals surface area contributed by atoms with Crippen molar-refractivity contribution in [1.29, 1.82) is 0 Å². The van der Waals surface area contributed by atoms with Crippen molar-refractivity contribution in [2.75, 3.05) is 13.2 Å². The van der Waals surface area contributed by atoms with Gasteiger partial charge in [0, 0.05) is 13.3 Å². The van der Waals surface area contributed by atoms with Crippen LogP contribution in [0, 0.1) is 0 Å². The van der Waals surface area contributed by atoms with E-state index in [2.05, 4.69) is 0 Å². The van der Waals surface area contributed by atoms with Gasteiger partial charge in [-0.05, 0) is 19.8 Å². The summed E-state index contributed by atoms with van der Waals surface area (Å²) in [6.45, 7) is 2.00. The van der Waals surface area contributed by atoms with Crippen molar-refractivity contribution in [3.8, 4) is 0 Å². The van der Waals surface area contributed by atoms with Gasteiger partial charge in [-0.3, -0.25) is 9.59 Å². The van der Waals surface area contributed by atoms with Crippen molar-refractivity contribution >= 4 is 11.9 Å². The number of aliphatic hydroxyl groups excluding tert-OH is 6. The van der Waals surface area contributed by atoms with E-state index in [1.807, 2.05) is 6.92 Å². The van der Waals surface area contributed by atoms with Gasteiger partial charge in [-0.15, -0.1) is 0 Å². The number of carboxylic acid groups (broad SMARTS) is 1. The third kappa shape index (κ3) is 13.1. The second-order valence-electron chi connectivity index (χ2n) is 11.9. The lowest BCUT2D eigenvalue weighted by molar-refractivity contribution is -0.371. The third-order valence-corrected chi connectivity index (χ3v) is 8.10. The number of hydrogen-bond donors (Lipinski definition) is 7. The highest BCUT2D eigenvalue weighted by atomic mass is 16.8. The number of esters is 1. The molecule has 14 nitrogen and oxygen atoms in total. The number of carboxylic acids is 1. The van der Waals surface area contributed by atoms with Crippen LogP contribution in [0.2, 0.25) is 0 Å². The van der Waals surface area contributed by atoms with Crippen LogP contribution >= 0.6 is 0 Å². The molecule has 2 heterocycles. The zero-order chi connectivity index (χ0) is 32.6. The largest absolute Gasteiger partial charge is 0.481 e. The van der Waals surface area contributed by atoms with Gasteiger partial charge in [0.15, 0.2) is 12.6 Å². The maximum atomic E-state index is 11.3. The van der Waals surface area contributed by atoms with Gasteiger partial charge in [0.1, 0.15) is 55.4 Å². The van der Waals surface area contributed by atoms with E-state index in [0.717, 1.165) is 70.6 Å². The fourth-order valence-corrected chi connectivity index (χ4v) is 5.43. The molecule has 0 radical (unpaired) electrons. The second-order valence-corrected chi connectivity index (χ2v) is 11.9. The van der Waals surface area contributed by atoms with E-state index in [9.17, 15) is 40.2 Å². The molecule has 2 fully saturated rings. The summed E-state index contributed by atoms with van der Waals surface area (Å²) in [5.41, 5.74) is 0. The van der Waals surface area contributed by atoms with Gasteiger partial charge in [0.25, 0.3) is 0 Å². The van der Waals surface area contributed by atoms with Crippen LogP contribution in [0.15, 0.2) is 0 Å². The van der Waals surface area contributed by atoms with Gasteiger partial charge < -0.3 is 59.4 Å². The van der Waals surface area contributed by atoms with Gasteiger partial charge >= 0.3 is 11.9 Å². The van der Waals surface area contributed by atoms with Gasteiger partial charge in [0.2, 0.25) is 0 Å². The van der Waals surface area contributed by atoms with Gasteiger partial charge in [-0.25, -0.2) is 0 Å². The van der Waals surface area contributed by atoms with Crippen LogP contribution in [-0.4, -0.2) is 128 Å². The van der Waals surface area contributed by atoms with Crippen LogP contribution in [0.25, 0.3) is 0 Å². The van der Waals surface area contributed by atoms with E-state index in [0.29, 0.717) is 6.42 Å². The van der Waals surface area contributed by atoms with Crippen molar-refractivity contribution in [2.24, 2.45) is 0 Å². The number of aliphatic hydroxyl groups is 6. The molecule has 0 amide bonds. The van der Waals surface area contributed by atoms with Gasteiger partial charge in [0.05, 0.1) is 12.7 Å². The Morgan fingerprint density at radius 2 is 1.23 bits per heavy atom. The first-order chi connectivity index (χ1) is 21.0. The molecule has 0 aromatic carbocycles. The van der Waals surface area contributed by atoms with Crippen LogP contribution in [-0.2, 0) is 33.3 Å². The van der Waals surface area contributed by atoms with Crippen LogP contribution in [0.4, 0.5) is 0 Å². The van der Waals surface area contributed by atoms with Crippen molar-refractivity contribution < 1.29 is 69.0 Å². The smallest absolute Gasteiger partial charge is 0.303 e. The highest BCUT2D eigenvalue weighted by Crippen LogP contribution is 2.31. The van der Waals surface area contributed by atoms with Crippen molar-refractivity contribution in [2.45, 2.75) is 165 Å². The second kappa shape index (κ2) is 20.6. The molecule has 14 heteroatoms. The molecule has 0 saturated carbocycles. The average Bonchev–Trinajstić information content (AvgIpc) is 2.98. The molecule has 0 aromatic rings. The highest BCUT2D eigenvalue weighted by Gasteiger charge is 2.51. The Kier molecular flexibility index (Phi) is 18.1. The van der Waals surface area contributed by atoms with Crippen molar-refractivity contribution in [3.05, 3.63) is 0 Å². The van der Waals surface area contributed by atoms with Gasteiger partial charge in [-0.2, -0.15) is 0 Å². The molecule has 11 atom stereocenters. The predicted molar refractivity (Wildman–Crippen MR) is 154 cm³/mol. The standard InChI is InChI=1S/C30H54O14/c1-18(14-12-10-8-6-4-3-5-7-9-11-13-15-22(33)34)41-30-28(26(38)24(36)21(43-30)17-40-19(2)32)44-29-27(39)25(37)23(35)20(16-31)42-29/h18,20-21,23-31,35-39H,3-17H2,1-2H3,(H,33,34). The molecule has 2 aliphatic rings. The molecular weight excluding hydrogens is 584 g/mol. The van der Waals surface area contributed by atoms with Crippen molar-refractivity contribution in [3.63, 3.8) is 0 Å². The summed E-state index contributed by atoms with van der Waals surface area (Å²) in [6, 6.07) is 0. The van der Waals surface area contributed by atoms with E-state index in [1.54, 1.807) is 0 Å². The SMILES string of the molecule is CC(=O)OCC1OC(OC(C)CCCCCCCCCCCCCC(=O)O)C(OC2OC(CO)C(O)C(O)C2O)C(O)C1O. The van der Waals surface area contributed by atoms with Crippen LogP contribution in [0.3, 0.4) is 0 Å². The normalized spacial score (nSPS) is 33.2. The minimum absolute atomic E-state index is 0.246. The lowest BCUT2D eigenvalue weighted by Crippen LogP contribution is -2.65. The summed E-state index contributed by atoms with van der Waals surface area (Å²) < 4.78 is 28.0. The van der Waals surface area contributed by atoms with Crippen LogP contribution in [0.5, 0.6) is 0 Å². The lowest BCUT2D eigenvalue weighted by atomic mass is 9.97. The summed E-state index contributed by atoms with van der Waals surface area (Å²) >= 11 is 0. The summed E-state index contributed by atoms with van der Waals surface area (Å²) in [5.74, 6) is -1.34. The molecular formula is C30H54O14. The molecule has 7 N–H and O–H groups in total. The minimum atomic E-state index is -1.74. The average molecular weight is 639 g/mol. The molecule has 2 saturated heterocycles. The zero-order valence-electron chi connectivity index (χ0n) is 25.9. The van der Waals surface area contributed by atoms with E-state index >= 15 is 0 Å². The van der Waals surface area contributed by atoms with Crippen LogP contribution in [0.1, 0.15) is 97.3 Å². The van der Waals surface area contributed by atoms with E-state index < -0.39 is 80.0 Å².